The second-order valence-corrected chi connectivity index (χ2v) is 2.79. The summed E-state index contributed by atoms with van der Waals surface area (Å²) < 4.78 is 9.55. The van der Waals surface area contributed by atoms with Gasteiger partial charge in [-0.2, -0.15) is 0 Å². The van der Waals surface area contributed by atoms with Crippen molar-refractivity contribution in [1.82, 2.24) is 4.98 Å². The predicted molar refractivity (Wildman–Crippen MR) is 50.0 cm³/mol. The van der Waals surface area contributed by atoms with E-state index in [9.17, 15) is 14.9 Å². The maximum atomic E-state index is 10.9. The summed E-state index contributed by atoms with van der Waals surface area (Å²) >= 11 is 0. The van der Waals surface area contributed by atoms with Crippen LogP contribution in [0.15, 0.2) is 21.3 Å². The molecular weight excluding hydrogens is 204 g/mol. The summed E-state index contributed by atoms with van der Waals surface area (Å²) in [4.78, 5) is 23.2. The van der Waals surface area contributed by atoms with Crippen molar-refractivity contribution >= 4 is 16.8 Å². The van der Waals surface area contributed by atoms with Crippen molar-refractivity contribution in [3.8, 4) is 5.75 Å². The Morgan fingerprint density at radius 2 is 2.27 bits per heavy atom. The van der Waals surface area contributed by atoms with Gasteiger partial charge in [0.2, 0.25) is 0 Å². The Morgan fingerprint density at radius 1 is 1.53 bits per heavy atom. The minimum atomic E-state index is -0.735. The molecule has 7 nitrogen and oxygen atoms in total. The molecule has 15 heavy (non-hydrogen) atoms. The van der Waals surface area contributed by atoms with Crippen molar-refractivity contribution in [3.05, 3.63) is 32.8 Å². The van der Waals surface area contributed by atoms with Crippen LogP contribution in [0.2, 0.25) is 0 Å². The van der Waals surface area contributed by atoms with Gasteiger partial charge in [-0.15, -0.1) is 0 Å². The molecule has 0 aliphatic heterocycles. The zero-order valence-corrected chi connectivity index (χ0v) is 7.64. The standard InChI is InChI=1S/C8H6N2O5/c1-14-4-2-5(10(12)13)7-6(3-4)15-8(11)9-7/h2-3H,1H3,(H,9,11). The number of H-pyrrole nitrogens is 1. The zero-order chi connectivity index (χ0) is 11.0. The van der Waals surface area contributed by atoms with Gasteiger partial charge in [0.15, 0.2) is 11.1 Å². The van der Waals surface area contributed by atoms with Gasteiger partial charge < -0.3 is 9.15 Å². The van der Waals surface area contributed by atoms with Crippen LogP contribution in [0.4, 0.5) is 5.69 Å². The largest absolute Gasteiger partial charge is 0.496 e. The van der Waals surface area contributed by atoms with E-state index in [1.807, 2.05) is 0 Å². The lowest BCUT2D eigenvalue weighted by molar-refractivity contribution is -0.383. The van der Waals surface area contributed by atoms with E-state index in [2.05, 4.69) is 4.98 Å². The molecule has 2 rings (SSSR count). The number of fused-ring (bicyclic) bond motifs is 1. The van der Waals surface area contributed by atoms with E-state index in [4.69, 9.17) is 9.15 Å². The molecule has 0 bridgehead atoms. The SMILES string of the molecule is COc1cc([N+](=O)[O-])c2[nH]c(=O)oc2c1. The summed E-state index contributed by atoms with van der Waals surface area (Å²) in [5.41, 5.74) is -0.0907. The number of oxazole rings is 1. The highest BCUT2D eigenvalue weighted by Crippen LogP contribution is 2.28. The molecule has 1 aromatic heterocycles. The van der Waals surface area contributed by atoms with E-state index in [1.54, 1.807) is 0 Å². The number of non-ortho nitro benzene ring substituents is 1. The minimum Gasteiger partial charge on any atom is -0.496 e. The number of hydrogen-bond donors (Lipinski definition) is 1. The Kier molecular flexibility index (Phi) is 1.93. The molecule has 2 aromatic rings. The summed E-state index contributed by atoms with van der Waals surface area (Å²) in [5.74, 6) is -0.474. The Morgan fingerprint density at radius 3 is 2.87 bits per heavy atom. The number of ether oxygens (including phenoxy) is 1. The lowest BCUT2D eigenvalue weighted by Crippen LogP contribution is -1.95. The van der Waals surface area contributed by atoms with Crippen LogP contribution in [0.1, 0.15) is 0 Å². The van der Waals surface area contributed by atoms with Crippen LogP contribution in [0, 0.1) is 10.1 Å². The van der Waals surface area contributed by atoms with E-state index in [1.165, 1.54) is 19.2 Å². The van der Waals surface area contributed by atoms with Crippen LogP contribution in [-0.2, 0) is 0 Å². The van der Waals surface area contributed by atoms with Gasteiger partial charge in [0.05, 0.1) is 18.1 Å². The van der Waals surface area contributed by atoms with Crippen molar-refractivity contribution in [2.24, 2.45) is 0 Å². The Bertz CT molecular complexity index is 582. The van der Waals surface area contributed by atoms with Gasteiger partial charge in [-0.1, -0.05) is 0 Å². The maximum Gasteiger partial charge on any atom is 0.417 e. The van der Waals surface area contributed by atoms with Gasteiger partial charge >= 0.3 is 5.76 Å². The summed E-state index contributed by atoms with van der Waals surface area (Å²) in [6, 6.07) is 2.62. The van der Waals surface area contributed by atoms with Crippen molar-refractivity contribution in [2.45, 2.75) is 0 Å². The van der Waals surface area contributed by atoms with Crippen molar-refractivity contribution in [1.29, 1.82) is 0 Å². The van der Waals surface area contributed by atoms with E-state index in [0.717, 1.165) is 0 Å². The van der Waals surface area contributed by atoms with Crippen molar-refractivity contribution < 1.29 is 14.1 Å². The van der Waals surface area contributed by atoms with Crippen LogP contribution in [0.5, 0.6) is 5.75 Å². The lowest BCUT2D eigenvalue weighted by Gasteiger charge is -1.98. The molecule has 7 heteroatoms. The number of nitrogens with one attached hydrogen (secondary N) is 1. The van der Waals surface area contributed by atoms with Crippen LogP contribution in [-0.4, -0.2) is 17.0 Å². The first-order valence-electron chi connectivity index (χ1n) is 3.97. The first-order chi connectivity index (χ1) is 7.11. The second kappa shape index (κ2) is 3.12. The molecule has 0 aliphatic carbocycles. The number of benzene rings is 1. The molecule has 1 N–H and O–H groups in total. The van der Waals surface area contributed by atoms with Crippen LogP contribution < -0.4 is 10.5 Å². The summed E-state index contributed by atoms with van der Waals surface area (Å²) in [7, 11) is 1.37. The third-order valence-electron chi connectivity index (χ3n) is 1.92. The average molecular weight is 210 g/mol. The molecule has 1 heterocycles. The van der Waals surface area contributed by atoms with Crippen LogP contribution in [0.3, 0.4) is 0 Å². The molecule has 1 aromatic carbocycles. The van der Waals surface area contributed by atoms with Gasteiger partial charge in [0.25, 0.3) is 5.69 Å². The number of hydrogen-bond acceptors (Lipinski definition) is 5. The van der Waals surface area contributed by atoms with Gasteiger partial charge in [0, 0.05) is 6.07 Å². The molecule has 0 amide bonds. The fourth-order valence-electron chi connectivity index (χ4n) is 1.27. The molecule has 0 radical (unpaired) electrons. The van der Waals surface area contributed by atoms with Gasteiger partial charge in [0.1, 0.15) is 5.75 Å². The first kappa shape index (κ1) is 9.25. The Hall–Kier alpha value is -2.31. The molecule has 0 unspecified atom stereocenters. The van der Waals surface area contributed by atoms with Crippen LogP contribution in [0.25, 0.3) is 11.1 Å². The molecule has 0 saturated heterocycles. The Labute approximate surface area is 82.4 Å². The third-order valence-corrected chi connectivity index (χ3v) is 1.92. The highest BCUT2D eigenvalue weighted by Gasteiger charge is 2.18. The zero-order valence-electron chi connectivity index (χ0n) is 7.64. The normalized spacial score (nSPS) is 10.5. The maximum absolute atomic E-state index is 10.9. The summed E-state index contributed by atoms with van der Waals surface area (Å²) in [5, 5.41) is 10.7. The highest BCUT2D eigenvalue weighted by molar-refractivity contribution is 5.84. The number of rotatable bonds is 2. The van der Waals surface area contributed by atoms with E-state index in [0.29, 0.717) is 0 Å². The number of nitrogens with zero attached hydrogens (tertiary/aromatic N) is 1. The van der Waals surface area contributed by atoms with E-state index < -0.39 is 10.7 Å². The van der Waals surface area contributed by atoms with Crippen LogP contribution >= 0.6 is 0 Å². The smallest absolute Gasteiger partial charge is 0.417 e. The number of methoxy groups -OCH3 is 1. The fraction of sp³-hybridized carbons (Fsp3) is 0.125. The molecule has 0 aliphatic rings. The second-order valence-electron chi connectivity index (χ2n) is 2.79. The van der Waals surface area contributed by atoms with Crippen molar-refractivity contribution in [2.75, 3.05) is 7.11 Å². The summed E-state index contributed by atoms with van der Waals surface area (Å²) in [6.07, 6.45) is 0. The number of nitro groups is 1. The predicted octanol–water partition coefficient (Wildman–Crippen LogP) is 1.04. The quantitative estimate of drug-likeness (QED) is 0.589. The first-order valence-corrected chi connectivity index (χ1v) is 3.97. The molecule has 0 saturated carbocycles. The number of nitro benzene ring substituents is 1. The fourth-order valence-corrected chi connectivity index (χ4v) is 1.27. The topological polar surface area (TPSA) is 98.4 Å². The lowest BCUT2D eigenvalue weighted by atomic mass is 10.2. The van der Waals surface area contributed by atoms with Gasteiger partial charge in [-0.3, -0.25) is 15.1 Å². The molecule has 0 spiro atoms. The van der Waals surface area contributed by atoms with Gasteiger partial charge in [-0.05, 0) is 0 Å². The summed E-state index contributed by atoms with van der Waals surface area (Å²) in [6.45, 7) is 0. The van der Waals surface area contributed by atoms with E-state index >= 15 is 0 Å². The molecule has 0 atom stereocenters. The molecule has 0 fully saturated rings. The van der Waals surface area contributed by atoms with Gasteiger partial charge in [-0.25, -0.2) is 4.79 Å². The average Bonchev–Trinajstić information content (AvgIpc) is 2.55. The minimum absolute atomic E-state index is 0.0609. The van der Waals surface area contributed by atoms with Crippen molar-refractivity contribution in [3.63, 3.8) is 0 Å². The Balaban J connectivity index is 2.85. The highest BCUT2D eigenvalue weighted by atomic mass is 16.6. The number of aromatic amines is 1. The van der Waals surface area contributed by atoms with E-state index in [-0.39, 0.29) is 22.5 Å². The molecule has 78 valence electrons. The molecular formula is C8H6N2O5. The number of aromatic nitrogens is 1. The monoisotopic (exact) mass is 210 g/mol. The third kappa shape index (κ3) is 1.43.